The first kappa shape index (κ1) is 25.8. The molecule has 0 bridgehead atoms. The first-order chi connectivity index (χ1) is 18.7. The molecule has 1 N–H and O–H groups in total. The van der Waals surface area contributed by atoms with Gasteiger partial charge in [0, 0.05) is 43.9 Å². The second-order valence-electron chi connectivity index (χ2n) is 8.65. The van der Waals surface area contributed by atoms with Crippen LogP contribution in [0.4, 0.5) is 10.1 Å². The van der Waals surface area contributed by atoms with Gasteiger partial charge in [0.2, 0.25) is 5.88 Å². The summed E-state index contributed by atoms with van der Waals surface area (Å²) in [6, 6.07) is 13.7. The molecule has 0 atom stereocenters. The molecular weight excluding hydrogens is 533 g/mol. The molecule has 3 aromatic carbocycles. The number of fused-ring (bicyclic) bond motifs is 1. The number of nitrogens with zero attached hydrogens (tertiary/aromatic N) is 4. The molecule has 2 amide bonds. The molecular formula is C26H19ClFN5O6. The van der Waals surface area contributed by atoms with E-state index in [1.54, 1.807) is 18.2 Å². The van der Waals surface area contributed by atoms with E-state index in [1.807, 2.05) is 0 Å². The second-order valence-corrected chi connectivity index (χ2v) is 9.06. The van der Waals surface area contributed by atoms with Crippen LogP contribution in [-0.2, 0) is 0 Å². The molecule has 1 aliphatic rings. The maximum absolute atomic E-state index is 14.7. The number of ether oxygens (including phenoxy) is 1. The van der Waals surface area contributed by atoms with E-state index >= 15 is 0 Å². The van der Waals surface area contributed by atoms with Crippen LogP contribution in [0, 0.1) is 15.9 Å². The van der Waals surface area contributed by atoms with Gasteiger partial charge in [0.05, 0.1) is 26.3 Å². The number of nitro benzene ring substituents is 1. The summed E-state index contributed by atoms with van der Waals surface area (Å²) in [7, 11) is 0. The van der Waals surface area contributed by atoms with Crippen LogP contribution < -0.4 is 10.3 Å². The van der Waals surface area contributed by atoms with E-state index in [1.165, 1.54) is 46.2 Å². The average Bonchev–Trinajstić information content (AvgIpc) is 2.95. The van der Waals surface area contributed by atoms with Gasteiger partial charge < -0.3 is 14.5 Å². The number of amides is 2. The first-order valence-corrected chi connectivity index (χ1v) is 12.1. The van der Waals surface area contributed by atoms with Gasteiger partial charge in [-0.3, -0.25) is 24.5 Å². The molecule has 1 aromatic heterocycles. The van der Waals surface area contributed by atoms with Gasteiger partial charge in [0.15, 0.2) is 0 Å². The van der Waals surface area contributed by atoms with Crippen molar-refractivity contribution in [3.63, 3.8) is 0 Å². The highest BCUT2D eigenvalue weighted by Crippen LogP contribution is 2.32. The van der Waals surface area contributed by atoms with Crippen LogP contribution in [0.1, 0.15) is 20.7 Å². The summed E-state index contributed by atoms with van der Waals surface area (Å²) in [5, 5.41) is 17.8. The van der Waals surface area contributed by atoms with Crippen molar-refractivity contribution in [3.8, 4) is 11.6 Å². The predicted molar refractivity (Wildman–Crippen MR) is 139 cm³/mol. The number of non-ortho nitro benzene ring substituents is 1. The van der Waals surface area contributed by atoms with Crippen molar-refractivity contribution in [2.24, 2.45) is 0 Å². The van der Waals surface area contributed by atoms with Crippen LogP contribution >= 0.6 is 11.6 Å². The number of aromatic nitrogens is 2. The molecule has 1 fully saturated rings. The van der Waals surface area contributed by atoms with Crippen LogP contribution in [0.2, 0.25) is 5.02 Å². The highest BCUT2D eigenvalue weighted by atomic mass is 35.5. The standard InChI is InChI=1S/C26H19ClFN5O6/c27-20-3-1-2-18-22(20)24(30-29-23(18)34)39-17-8-9-21(28)19(14-17)26(36)32-12-10-31(11-13-32)25(35)15-4-6-16(7-5-15)33(37)38/h1-9,14H,10-13H2,(H,29,34). The molecule has 0 spiro atoms. The molecule has 198 valence electrons. The van der Waals surface area contributed by atoms with Crippen molar-refractivity contribution < 1.29 is 23.6 Å². The normalized spacial score (nSPS) is 13.4. The minimum atomic E-state index is -0.756. The van der Waals surface area contributed by atoms with Crippen molar-refractivity contribution in [3.05, 3.63) is 103 Å². The third kappa shape index (κ3) is 5.14. The number of hydrogen-bond donors (Lipinski definition) is 1. The maximum Gasteiger partial charge on any atom is 0.272 e. The van der Waals surface area contributed by atoms with Crippen LogP contribution in [0.15, 0.2) is 65.5 Å². The molecule has 11 nitrogen and oxygen atoms in total. The molecule has 0 unspecified atom stereocenters. The van der Waals surface area contributed by atoms with Crippen molar-refractivity contribution in [2.45, 2.75) is 0 Å². The predicted octanol–water partition coefficient (Wildman–Crippen LogP) is 4.01. The zero-order valence-corrected chi connectivity index (χ0v) is 20.9. The van der Waals surface area contributed by atoms with E-state index in [-0.39, 0.29) is 70.8 Å². The van der Waals surface area contributed by atoms with E-state index in [9.17, 15) is 28.9 Å². The van der Waals surface area contributed by atoms with Gasteiger partial charge in [-0.05, 0) is 42.5 Å². The second kappa shape index (κ2) is 10.5. The van der Waals surface area contributed by atoms with Gasteiger partial charge in [0.25, 0.3) is 23.1 Å². The molecule has 0 radical (unpaired) electrons. The number of benzene rings is 3. The van der Waals surface area contributed by atoms with E-state index in [4.69, 9.17) is 16.3 Å². The van der Waals surface area contributed by atoms with E-state index in [2.05, 4.69) is 10.2 Å². The molecule has 2 heterocycles. The third-order valence-electron chi connectivity index (χ3n) is 6.29. The average molecular weight is 552 g/mol. The van der Waals surface area contributed by atoms with Crippen LogP contribution in [0.3, 0.4) is 0 Å². The Bertz CT molecular complexity index is 1670. The number of piperazine rings is 1. The van der Waals surface area contributed by atoms with Crippen LogP contribution in [0.5, 0.6) is 11.6 Å². The molecule has 1 saturated heterocycles. The number of rotatable bonds is 5. The Morgan fingerprint density at radius 2 is 1.67 bits per heavy atom. The van der Waals surface area contributed by atoms with Gasteiger partial charge in [0.1, 0.15) is 11.6 Å². The third-order valence-corrected chi connectivity index (χ3v) is 6.61. The zero-order valence-electron chi connectivity index (χ0n) is 20.1. The lowest BCUT2D eigenvalue weighted by Gasteiger charge is -2.35. The number of nitrogens with one attached hydrogen (secondary N) is 1. The van der Waals surface area contributed by atoms with E-state index in [0.29, 0.717) is 5.56 Å². The topological polar surface area (TPSA) is 139 Å². The van der Waals surface area contributed by atoms with Crippen LogP contribution in [0.25, 0.3) is 10.8 Å². The fourth-order valence-corrected chi connectivity index (χ4v) is 4.51. The van der Waals surface area contributed by atoms with Crippen LogP contribution in [-0.4, -0.2) is 62.9 Å². The molecule has 13 heteroatoms. The van der Waals surface area contributed by atoms with Gasteiger partial charge in [-0.1, -0.05) is 17.7 Å². The Labute approximate surface area is 224 Å². The smallest absolute Gasteiger partial charge is 0.272 e. The van der Waals surface area contributed by atoms with Crippen molar-refractivity contribution in [1.82, 2.24) is 20.0 Å². The Morgan fingerprint density at radius 3 is 2.33 bits per heavy atom. The van der Waals surface area contributed by atoms with Crippen molar-refractivity contribution >= 4 is 39.9 Å². The van der Waals surface area contributed by atoms with Gasteiger partial charge in [-0.25, -0.2) is 9.49 Å². The summed E-state index contributed by atoms with van der Waals surface area (Å²) in [5.74, 6) is -1.57. The fourth-order valence-electron chi connectivity index (χ4n) is 4.26. The monoisotopic (exact) mass is 551 g/mol. The number of nitro groups is 1. The van der Waals surface area contributed by atoms with E-state index in [0.717, 1.165) is 6.07 Å². The summed E-state index contributed by atoms with van der Waals surface area (Å²) in [6.07, 6.45) is 0. The summed E-state index contributed by atoms with van der Waals surface area (Å²) in [5.41, 5.74) is -0.522. The van der Waals surface area contributed by atoms with Gasteiger partial charge in [-0.15, -0.1) is 5.10 Å². The molecule has 1 aliphatic heterocycles. The highest BCUT2D eigenvalue weighted by Gasteiger charge is 2.27. The summed E-state index contributed by atoms with van der Waals surface area (Å²) in [6.45, 7) is 0.712. The number of hydrogen-bond acceptors (Lipinski definition) is 7. The number of H-pyrrole nitrogens is 1. The molecule has 0 saturated carbocycles. The lowest BCUT2D eigenvalue weighted by Crippen LogP contribution is -2.50. The van der Waals surface area contributed by atoms with Crippen molar-refractivity contribution in [2.75, 3.05) is 26.2 Å². The number of carbonyl (C=O) groups is 2. The highest BCUT2D eigenvalue weighted by molar-refractivity contribution is 6.36. The lowest BCUT2D eigenvalue weighted by molar-refractivity contribution is -0.384. The molecule has 0 aliphatic carbocycles. The Kier molecular flexibility index (Phi) is 6.94. The number of halogens is 2. The lowest BCUT2D eigenvalue weighted by atomic mass is 10.1. The van der Waals surface area contributed by atoms with Gasteiger partial charge >= 0.3 is 0 Å². The molecule has 39 heavy (non-hydrogen) atoms. The first-order valence-electron chi connectivity index (χ1n) is 11.7. The largest absolute Gasteiger partial charge is 0.437 e. The Hall–Kier alpha value is -4.84. The van der Waals surface area contributed by atoms with E-state index < -0.39 is 22.2 Å². The SMILES string of the molecule is O=C(c1ccc([N+](=O)[O-])cc1)N1CCN(C(=O)c2cc(Oc3n[nH]c(=O)c4cccc(Cl)c34)ccc2F)CC1. The fraction of sp³-hybridized carbons (Fsp3) is 0.154. The molecule has 4 aromatic rings. The molecule has 5 rings (SSSR count). The minimum Gasteiger partial charge on any atom is -0.437 e. The Morgan fingerprint density at radius 1 is 1.00 bits per heavy atom. The number of aromatic amines is 1. The quantitative estimate of drug-likeness (QED) is 0.292. The summed E-state index contributed by atoms with van der Waals surface area (Å²) < 4.78 is 20.5. The maximum atomic E-state index is 14.7. The number of carbonyl (C=O) groups excluding carboxylic acids is 2. The Balaban J connectivity index is 1.30. The zero-order chi connectivity index (χ0) is 27.7. The summed E-state index contributed by atoms with van der Waals surface area (Å²) >= 11 is 6.25. The summed E-state index contributed by atoms with van der Waals surface area (Å²) in [4.78, 5) is 51.3. The van der Waals surface area contributed by atoms with Crippen molar-refractivity contribution in [1.29, 1.82) is 0 Å². The van der Waals surface area contributed by atoms with Gasteiger partial charge in [-0.2, -0.15) is 0 Å². The minimum absolute atomic E-state index is 0.0152.